The zero-order valence-corrected chi connectivity index (χ0v) is 46.2. The van der Waals surface area contributed by atoms with Crippen LogP contribution in [0, 0.1) is 0 Å². The van der Waals surface area contributed by atoms with Crippen molar-refractivity contribution in [2.24, 2.45) is 0 Å². The molecule has 0 saturated carbocycles. The number of nitrogens with zero attached hydrogens (tertiary/aromatic N) is 1. The van der Waals surface area contributed by atoms with E-state index >= 15 is 0 Å². The molecule has 0 spiro atoms. The molecule has 0 heterocycles. The molecule has 0 aliphatic rings. The fourth-order valence-electron chi connectivity index (χ4n) is 7.15. The number of carbonyl (C=O) groups is 3. The van der Waals surface area contributed by atoms with E-state index in [1.54, 1.807) is 0 Å². The van der Waals surface area contributed by atoms with Gasteiger partial charge in [-0.15, -0.1) is 0 Å². The van der Waals surface area contributed by atoms with E-state index in [4.69, 9.17) is 18.9 Å². The number of ether oxygens (including phenoxy) is 4. The average molecular weight is 1000 g/mol. The van der Waals surface area contributed by atoms with Crippen molar-refractivity contribution in [1.29, 1.82) is 0 Å². The molecule has 2 unspecified atom stereocenters. The molecule has 408 valence electrons. The fraction of sp³-hybridized carbons (Fsp3) is 0.635. The number of rotatable bonds is 50. The Bertz CT molecular complexity index is 1590. The Morgan fingerprint density at radius 2 is 0.792 bits per heavy atom. The normalized spacial score (nSPS) is 13.7. The zero-order chi connectivity index (χ0) is 52.7. The number of esters is 2. The molecule has 0 aliphatic carbocycles. The van der Waals surface area contributed by atoms with Gasteiger partial charge in [0.2, 0.25) is 0 Å². The number of carboxylic acids is 1. The number of carboxylic acid groups (broad SMARTS) is 1. The quantitative estimate of drug-likeness (QED) is 0.0195. The van der Waals surface area contributed by atoms with Gasteiger partial charge in [-0.3, -0.25) is 9.59 Å². The highest BCUT2D eigenvalue weighted by molar-refractivity contribution is 5.70. The molecule has 2 atom stereocenters. The van der Waals surface area contributed by atoms with Crippen molar-refractivity contribution in [3.8, 4) is 0 Å². The molecule has 0 rings (SSSR count). The molecule has 0 saturated heterocycles. The summed E-state index contributed by atoms with van der Waals surface area (Å²) in [4.78, 5) is 37.2. The lowest BCUT2D eigenvalue weighted by atomic mass is 10.0. The molecule has 0 fully saturated rings. The molecule has 0 N–H and O–H groups in total. The first-order valence-electron chi connectivity index (χ1n) is 28.2. The maximum Gasteiger partial charge on any atom is 0.306 e. The summed E-state index contributed by atoms with van der Waals surface area (Å²) in [5, 5.41) is 11.7. The predicted molar refractivity (Wildman–Crippen MR) is 301 cm³/mol. The van der Waals surface area contributed by atoms with Gasteiger partial charge >= 0.3 is 11.9 Å². The van der Waals surface area contributed by atoms with Crippen molar-refractivity contribution >= 4 is 17.9 Å². The third-order valence-corrected chi connectivity index (χ3v) is 11.5. The van der Waals surface area contributed by atoms with Gasteiger partial charge in [0.05, 0.1) is 40.3 Å². The molecule has 0 aliphatic heterocycles. The minimum absolute atomic E-state index is 0.134. The van der Waals surface area contributed by atoms with Gasteiger partial charge in [-0.25, -0.2) is 0 Å². The Balaban J connectivity index is 4.36. The minimum Gasteiger partial charge on any atom is -0.545 e. The van der Waals surface area contributed by atoms with Crippen molar-refractivity contribution in [1.82, 2.24) is 0 Å². The average Bonchev–Trinajstić information content (AvgIpc) is 3.35. The van der Waals surface area contributed by atoms with Crippen LogP contribution in [0.3, 0.4) is 0 Å². The third kappa shape index (κ3) is 53.5. The van der Waals surface area contributed by atoms with Crippen LogP contribution in [0.1, 0.15) is 200 Å². The van der Waals surface area contributed by atoms with Gasteiger partial charge in [0, 0.05) is 12.8 Å². The van der Waals surface area contributed by atoms with Crippen molar-refractivity contribution in [3.05, 3.63) is 122 Å². The van der Waals surface area contributed by atoms with Crippen molar-refractivity contribution in [2.75, 3.05) is 47.5 Å². The van der Waals surface area contributed by atoms with E-state index in [2.05, 4.69) is 135 Å². The predicted octanol–water partition coefficient (Wildman–Crippen LogP) is 15.2. The van der Waals surface area contributed by atoms with E-state index in [0.29, 0.717) is 17.4 Å². The number of unbranched alkanes of at least 4 members (excludes halogenated alkanes) is 15. The maximum atomic E-state index is 12.8. The Morgan fingerprint density at radius 1 is 0.431 bits per heavy atom. The van der Waals surface area contributed by atoms with E-state index < -0.39 is 24.3 Å². The smallest absolute Gasteiger partial charge is 0.306 e. The number of likely N-dealkylation sites (N-methyl/N-ethyl adjacent to an activating group) is 1. The number of carbonyl (C=O) groups excluding carboxylic acids is 3. The van der Waals surface area contributed by atoms with Crippen LogP contribution in [-0.2, 0) is 33.3 Å². The summed E-state index contributed by atoms with van der Waals surface area (Å²) >= 11 is 0. The van der Waals surface area contributed by atoms with E-state index in [1.165, 1.54) is 70.6 Å². The molecule has 0 radical (unpaired) electrons. The molecule has 0 aromatic rings. The zero-order valence-electron chi connectivity index (χ0n) is 46.2. The van der Waals surface area contributed by atoms with Crippen molar-refractivity contribution in [2.45, 2.75) is 212 Å². The molecule has 0 amide bonds. The number of aliphatic carboxylic acids is 1. The summed E-state index contributed by atoms with van der Waals surface area (Å²) in [6.45, 7) is 4.56. The van der Waals surface area contributed by atoms with Crippen LogP contribution in [-0.4, -0.2) is 82.3 Å². The summed E-state index contributed by atoms with van der Waals surface area (Å²) in [5.41, 5.74) is 0. The standard InChI is InChI=1S/C63H103NO8/c1-6-8-10-12-14-16-18-20-22-23-24-25-26-27-28-29-30-31-32-33-34-35-36-37-38-39-40-42-44-46-48-50-52-54-61(66)72-59(58-71-63(62(67)68)69-56-55-64(3,4)5)57-70-60(65)53-51-49-47-45-43-41-21-19-17-15-13-11-9-7-2/h8,10,14,16,20,22,24-25,27-28,30-31,33-34,36-37,39-40,44,46,59,63H,6-7,9,11-13,15,17-19,21,23,26,29,32,35,38,41-43,45,47-58H2,1-5H3/b10-8-,16-14-,22-20-,25-24-,28-27-,31-30-,34-33-,37-36-,40-39-,46-44-. The summed E-state index contributed by atoms with van der Waals surface area (Å²) < 4.78 is 22.6. The molecule has 0 aromatic carbocycles. The Morgan fingerprint density at radius 3 is 1.18 bits per heavy atom. The lowest BCUT2D eigenvalue weighted by Gasteiger charge is -2.26. The third-order valence-electron chi connectivity index (χ3n) is 11.5. The van der Waals surface area contributed by atoms with Crippen molar-refractivity contribution < 1.29 is 42.9 Å². The van der Waals surface area contributed by atoms with Crippen LogP contribution < -0.4 is 5.11 Å². The molecule has 0 bridgehead atoms. The van der Waals surface area contributed by atoms with Gasteiger partial charge in [-0.1, -0.05) is 219 Å². The second-order valence-corrected chi connectivity index (χ2v) is 19.5. The van der Waals surface area contributed by atoms with Gasteiger partial charge in [-0.05, 0) is 89.9 Å². The van der Waals surface area contributed by atoms with Crippen molar-refractivity contribution in [3.63, 3.8) is 0 Å². The van der Waals surface area contributed by atoms with Gasteiger partial charge in [0.1, 0.15) is 13.2 Å². The highest BCUT2D eigenvalue weighted by Gasteiger charge is 2.21. The second-order valence-electron chi connectivity index (χ2n) is 19.5. The molecular formula is C63H103NO8. The van der Waals surface area contributed by atoms with E-state index in [9.17, 15) is 19.5 Å². The molecule has 72 heavy (non-hydrogen) atoms. The van der Waals surface area contributed by atoms with Gasteiger partial charge in [0.25, 0.3) is 0 Å². The largest absolute Gasteiger partial charge is 0.545 e. The monoisotopic (exact) mass is 1000 g/mol. The Hall–Kier alpha value is -4.31. The molecule has 9 heteroatoms. The number of quaternary nitrogens is 1. The summed E-state index contributed by atoms with van der Waals surface area (Å²) in [6.07, 6.45) is 71.1. The van der Waals surface area contributed by atoms with Crippen LogP contribution in [0.5, 0.6) is 0 Å². The maximum absolute atomic E-state index is 12.8. The number of hydrogen-bond donors (Lipinski definition) is 0. The van der Waals surface area contributed by atoms with Gasteiger partial charge in [-0.2, -0.15) is 0 Å². The summed E-state index contributed by atoms with van der Waals surface area (Å²) in [7, 11) is 5.89. The summed E-state index contributed by atoms with van der Waals surface area (Å²) in [5.74, 6) is -2.35. The van der Waals surface area contributed by atoms with Crippen LogP contribution in [0.4, 0.5) is 0 Å². The molecular weight excluding hydrogens is 899 g/mol. The van der Waals surface area contributed by atoms with Crippen LogP contribution >= 0.6 is 0 Å². The summed E-state index contributed by atoms with van der Waals surface area (Å²) in [6, 6.07) is 0. The van der Waals surface area contributed by atoms with E-state index in [1.807, 2.05) is 21.1 Å². The molecule has 9 nitrogen and oxygen atoms in total. The van der Waals surface area contributed by atoms with Crippen LogP contribution in [0.2, 0.25) is 0 Å². The van der Waals surface area contributed by atoms with E-state index in [-0.39, 0.29) is 38.6 Å². The Kier molecular flexibility index (Phi) is 49.8. The van der Waals surface area contributed by atoms with Crippen LogP contribution in [0.15, 0.2) is 122 Å². The minimum atomic E-state index is -1.64. The molecule has 0 aromatic heterocycles. The lowest BCUT2D eigenvalue weighted by molar-refractivity contribution is -0.870. The highest BCUT2D eigenvalue weighted by atomic mass is 16.7. The first-order valence-corrected chi connectivity index (χ1v) is 28.2. The highest BCUT2D eigenvalue weighted by Crippen LogP contribution is 2.14. The van der Waals surface area contributed by atoms with Crippen LogP contribution in [0.25, 0.3) is 0 Å². The lowest BCUT2D eigenvalue weighted by Crippen LogP contribution is -2.44. The van der Waals surface area contributed by atoms with E-state index in [0.717, 1.165) is 96.3 Å². The van der Waals surface area contributed by atoms with Gasteiger partial charge in [0.15, 0.2) is 12.4 Å². The second kappa shape index (κ2) is 53.0. The SMILES string of the molecule is CC/C=C\C/C=C\C/C=C\C/C=C\C/C=C\C/C=C\C/C=C\C/C=C\C/C=C\C/C=C\CCCCC(=O)OC(COC(=O)CCCCCCCCCCCCCCCC)COC(OCC[N+](C)(C)C)C(=O)[O-]. The topological polar surface area (TPSA) is 111 Å². The number of hydrogen-bond acceptors (Lipinski definition) is 8. The Labute approximate surface area is 440 Å². The first kappa shape index (κ1) is 67.7. The number of allylic oxidation sites excluding steroid dienone is 20. The first-order chi connectivity index (χ1) is 35.1. The fourth-order valence-corrected chi connectivity index (χ4v) is 7.15. The van der Waals surface area contributed by atoms with Gasteiger partial charge < -0.3 is 33.3 Å².